The second kappa shape index (κ2) is 3.56. The Balaban J connectivity index is 2.02. The third-order valence-electron chi connectivity index (χ3n) is 2.25. The quantitative estimate of drug-likeness (QED) is 0.637. The topological polar surface area (TPSA) is 39.2 Å². The molecule has 0 aliphatic carbocycles. The minimum Gasteiger partial charge on any atom is -0.465 e. The average Bonchev–Trinajstić information content (AvgIpc) is 2.54. The number of carbonyl (C=O) groups excluding carboxylic acids is 1. The lowest BCUT2D eigenvalue weighted by molar-refractivity contribution is -0.141. The number of nitrogens with zero attached hydrogens (tertiary/aromatic N) is 1. The van der Waals surface area contributed by atoms with Crippen molar-refractivity contribution in [3.05, 3.63) is 30.1 Å². The van der Waals surface area contributed by atoms with Gasteiger partial charge in [0.25, 0.3) is 0 Å². The summed E-state index contributed by atoms with van der Waals surface area (Å²) in [6.07, 6.45) is 5.13. The predicted octanol–water partition coefficient (Wildman–Crippen LogP) is 1.19. The van der Waals surface area contributed by atoms with Crippen LogP contribution in [0.3, 0.4) is 0 Å². The number of pyridine rings is 1. The van der Waals surface area contributed by atoms with Crippen molar-refractivity contribution in [3.8, 4) is 0 Å². The van der Waals surface area contributed by atoms with E-state index in [2.05, 4.69) is 4.98 Å². The number of hydrogen-bond donors (Lipinski definition) is 0. The molecule has 0 unspecified atom stereocenters. The van der Waals surface area contributed by atoms with Crippen LogP contribution in [0.25, 0.3) is 0 Å². The van der Waals surface area contributed by atoms with Crippen molar-refractivity contribution in [2.75, 3.05) is 6.61 Å². The van der Waals surface area contributed by atoms with Gasteiger partial charge in [0, 0.05) is 12.4 Å². The first-order chi connectivity index (χ1) is 6.36. The average molecular weight is 177 g/mol. The standard InChI is InChI=1S/C10H11NO2/c12-10-9(3-5-13-10)6-8-2-1-4-11-7-8/h1-2,4,7,9H,3,5-6H2/t9-/m0/s1. The van der Waals surface area contributed by atoms with Gasteiger partial charge in [0.1, 0.15) is 0 Å². The number of aromatic nitrogens is 1. The van der Waals surface area contributed by atoms with Gasteiger partial charge >= 0.3 is 5.97 Å². The van der Waals surface area contributed by atoms with Crippen LogP contribution in [0.1, 0.15) is 12.0 Å². The summed E-state index contributed by atoms with van der Waals surface area (Å²) in [4.78, 5) is 15.1. The Morgan fingerprint density at radius 2 is 2.54 bits per heavy atom. The number of esters is 1. The Labute approximate surface area is 76.7 Å². The van der Waals surface area contributed by atoms with Gasteiger partial charge in [-0.1, -0.05) is 6.07 Å². The lowest BCUT2D eigenvalue weighted by atomic mass is 10.00. The van der Waals surface area contributed by atoms with Crippen LogP contribution in [0.15, 0.2) is 24.5 Å². The number of cyclic esters (lactones) is 1. The first-order valence-electron chi connectivity index (χ1n) is 4.42. The van der Waals surface area contributed by atoms with Gasteiger partial charge in [-0.2, -0.15) is 0 Å². The van der Waals surface area contributed by atoms with Crippen LogP contribution in [0, 0.1) is 5.92 Å². The second-order valence-electron chi connectivity index (χ2n) is 3.22. The minimum absolute atomic E-state index is 0.0456. The van der Waals surface area contributed by atoms with E-state index in [0.29, 0.717) is 6.61 Å². The molecule has 0 N–H and O–H groups in total. The smallest absolute Gasteiger partial charge is 0.309 e. The molecule has 3 nitrogen and oxygen atoms in total. The molecule has 13 heavy (non-hydrogen) atoms. The van der Waals surface area contributed by atoms with E-state index in [1.807, 2.05) is 12.1 Å². The number of carbonyl (C=O) groups is 1. The highest BCUT2D eigenvalue weighted by molar-refractivity contribution is 5.74. The summed E-state index contributed by atoms with van der Waals surface area (Å²) in [6.45, 7) is 0.573. The Kier molecular flexibility index (Phi) is 2.25. The Morgan fingerprint density at radius 3 is 3.15 bits per heavy atom. The molecule has 0 saturated carbocycles. The Morgan fingerprint density at radius 1 is 1.62 bits per heavy atom. The normalized spacial score (nSPS) is 21.5. The summed E-state index contributed by atoms with van der Waals surface area (Å²) in [7, 11) is 0. The van der Waals surface area contributed by atoms with Crippen LogP contribution in [-0.4, -0.2) is 17.6 Å². The Hall–Kier alpha value is -1.38. The van der Waals surface area contributed by atoms with Crippen LogP contribution >= 0.6 is 0 Å². The van der Waals surface area contributed by atoms with Gasteiger partial charge in [-0.15, -0.1) is 0 Å². The fraction of sp³-hybridized carbons (Fsp3) is 0.400. The largest absolute Gasteiger partial charge is 0.465 e. The molecular weight excluding hydrogens is 166 g/mol. The Bertz CT molecular complexity index is 297. The van der Waals surface area contributed by atoms with E-state index in [0.717, 1.165) is 18.4 Å². The van der Waals surface area contributed by atoms with Gasteiger partial charge in [0.05, 0.1) is 12.5 Å². The molecule has 1 aromatic heterocycles. The van der Waals surface area contributed by atoms with Gasteiger partial charge in [0.2, 0.25) is 0 Å². The van der Waals surface area contributed by atoms with E-state index in [-0.39, 0.29) is 11.9 Å². The number of ether oxygens (including phenoxy) is 1. The molecule has 0 bridgehead atoms. The third kappa shape index (κ3) is 1.86. The van der Waals surface area contributed by atoms with Crippen molar-refractivity contribution >= 4 is 5.97 Å². The summed E-state index contributed by atoms with van der Waals surface area (Å²) in [5.41, 5.74) is 1.10. The maximum Gasteiger partial charge on any atom is 0.309 e. The fourth-order valence-corrected chi connectivity index (χ4v) is 1.53. The highest BCUT2D eigenvalue weighted by Gasteiger charge is 2.26. The van der Waals surface area contributed by atoms with Gasteiger partial charge in [0.15, 0.2) is 0 Å². The third-order valence-corrected chi connectivity index (χ3v) is 2.25. The summed E-state index contributed by atoms with van der Waals surface area (Å²) >= 11 is 0. The molecule has 0 radical (unpaired) electrons. The monoisotopic (exact) mass is 177 g/mol. The number of hydrogen-bond acceptors (Lipinski definition) is 3. The summed E-state index contributed by atoms with van der Waals surface area (Å²) in [5.74, 6) is -0.0203. The zero-order valence-electron chi connectivity index (χ0n) is 7.27. The maximum atomic E-state index is 11.1. The van der Waals surface area contributed by atoms with Crippen LogP contribution in [0.4, 0.5) is 0 Å². The zero-order valence-corrected chi connectivity index (χ0v) is 7.27. The molecule has 1 aliphatic rings. The molecule has 2 rings (SSSR count). The fourth-order valence-electron chi connectivity index (χ4n) is 1.53. The molecule has 68 valence electrons. The van der Waals surface area contributed by atoms with E-state index >= 15 is 0 Å². The van der Waals surface area contributed by atoms with Crippen molar-refractivity contribution in [3.63, 3.8) is 0 Å². The second-order valence-corrected chi connectivity index (χ2v) is 3.22. The van der Waals surface area contributed by atoms with Crippen molar-refractivity contribution in [2.45, 2.75) is 12.8 Å². The number of rotatable bonds is 2. The molecule has 3 heteroatoms. The molecule has 1 saturated heterocycles. The van der Waals surface area contributed by atoms with Crippen LogP contribution in [0.5, 0.6) is 0 Å². The minimum atomic E-state index is -0.0659. The highest BCUT2D eigenvalue weighted by atomic mass is 16.5. The first kappa shape index (κ1) is 8.23. The van der Waals surface area contributed by atoms with E-state index in [1.54, 1.807) is 12.4 Å². The van der Waals surface area contributed by atoms with Crippen molar-refractivity contribution in [1.82, 2.24) is 4.98 Å². The summed E-state index contributed by atoms with van der Waals surface area (Å²) < 4.78 is 4.88. The SMILES string of the molecule is O=C1OCC[C@H]1Cc1cccnc1. The molecule has 0 aromatic carbocycles. The van der Waals surface area contributed by atoms with Crippen molar-refractivity contribution in [2.24, 2.45) is 5.92 Å². The molecule has 1 atom stereocenters. The van der Waals surface area contributed by atoms with Crippen molar-refractivity contribution in [1.29, 1.82) is 0 Å². The summed E-state index contributed by atoms with van der Waals surface area (Å²) in [5, 5.41) is 0. The van der Waals surface area contributed by atoms with E-state index in [4.69, 9.17) is 4.74 Å². The molecule has 1 aliphatic heterocycles. The van der Waals surface area contributed by atoms with E-state index < -0.39 is 0 Å². The van der Waals surface area contributed by atoms with Gasteiger partial charge in [-0.3, -0.25) is 9.78 Å². The molecule has 1 aromatic rings. The van der Waals surface area contributed by atoms with E-state index in [1.165, 1.54) is 0 Å². The molecule has 1 fully saturated rings. The van der Waals surface area contributed by atoms with Crippen LogP contribution in [-0.2, 0) is 16.0 Å². The van der Waals surface area contributed by atoms with Crippen molar-refractivity contribution < 1.29 is 9.53 Å². The molecule has 2 heterocycles. The van der Waals surface area contributed by atoms with Crippen LogP contribution in [0.2, 0.25) is 0 Å². The molecule has 0 spiro atoms. The molecule has 0 amide bonds. The van der Waals surface area contributed by atoms with E-state index in [9.17, 15) is 4.79 Å². The molecular formula is C10H11NO2. The summed E-state index contributed by atoms with van der Waals surface area (Å²) in [6, 6.07) is 3.87. The predicted molar refractivity (Wildman–Crippen MR) is 47.0 cm³/mol. The van der Waals surface area contributed by atoms with Gasteiger partial charge < -0.3 is 4.74 Å². The zero-order chi connectivity index (χ0) is 9.10. The lowest BCUT2D eigenvalue weighted by Crippen LogP contribution is -2.10. The van der Waals surface area contributed by atoms with Gasteiger partial charge in [-0.05, 0) is 24.5 Å². The van der Waals surface area contributed by atoms with Crippen LogP contribution < -0.4 is 0 Å². The maximum absolute atomic E-state index is 11.1. The van der Waals surface area contributed by atoms with Gasteiger partial charge in [-0.25, -0.2) is 0 Å². The highest BCUT2D eigenvalue weighted by Crippen LogP contribution is 2.18. The lowest BCUT2D eigenvalue weighted by Gasteiger charge is -2.03. The first-order valence-corrected chi connectivity index (χ1v) is 4.42.